The minimum Gasteiger partial charge on any atom is -0.382 e. The molecule has 3 aromatic heterocycles. The second-order valence-corrected chi connectivity index (χ2v) is 10.8. The molecule has 2 atom stereocenters. The van der Waals surface area contributed by atoms with Crippen LogP contribution in [0.15, 0.2) is 48.9 Å². The standard InChI is InChI=1S/C29H34N8O3/c1-17(2)34-18(3)29(39)35(19(4)28(34)38)22-7-5-6-20(14-22)25-15-23(26-27(30)31-16-33-37(25)26)24-8-11-32-36(24)21-9-12-40-13-10-21/h5-8,11,14-19,21H,9-10,12-13H2,1-4H3,(H2,30,31,33). The molecule has 2 aliphatic heterocycles. The van der Waals surface area contributed by atoms with E-state index in [0.29, 0.717) is 30.2 Å². The molecule has 1 aromatic carbocycles. The van der Waals surface area contributed by atoms with Gasteiger partial charge in [-0.2, -0.15) is 10.2 Å². The van der Waals surface area contributed by atoms with Gasteiger partial charge in [-0.25, -0.2) is 9.50 Å². The Labute approximate surface area is 232 Å². The fraction of sp³-hybridized carbons (Fsp3) is 0.414. The summed E-state index contributed by atoms with van der Waals surface area (Å²) in [5.41, 5.74) is 11.2. The molecule has 11 heteroatoms. The fourth-order valence-corrected chi connectivity index (χ4v) is 6.11. The van der Waals surface area contributed by atoms with Gasteiger partial charge in [0.15, 0.2) is 5.82 Å². The number of hydrogen-bond acceptors (Lipinski definition) is 7. The molecule has 2 amide bonds. The molecule has 0 bridgehead atoms. The van der Waals surface area contributed by atoms with Gasteiger partial charge in [0, 0.05) is 42.3 Å². The molecular weight excluding hydrogens is 508 g/mol. The number of benzene rings is 1. The van der Waals surface area contributed by atoms with Crippen LogP contribution < -0.4 is 10.6 Å². The molecule has 2 unspecified atom stereocenters. The normalized spacial score (nSPS) is 20.7. The lowest BCUT2D eigenvalue weighted by molar-refractivity contribution is -0.147. The van der Waals surface area contributed by atoms with Crippen LogP contribution in [0.1, 0.15) is 46.6 Å². The molecule has 0 spiro atoms. The third-order valence-electron chi connectivity index (χ3n) is 8.05. The zero-order chi connectivity index (χ0) is 28.1. The number of carbonyl (C=O) groups excluding carboxylic acids is 2. The second kappa shape index (κ2) is 10.1. The molecule has 0 saturated carbocycles. The van der Waals surface area contributed by atoms with E-state index < -0.39 is 12.1 Å². The van der Waals surface area contributed by atoms with E-state index in [9.17, 15) is 9.59 Å². The molecule has 2 saturated heterocycles. The van der Waals surface area contributed by atoms with Crippen molar-refractivity contribution in [2.24, 2.45) is 0 Å². The molecule has 208 valence electrons. The molecule has 0 aliphatic carbocycles. The van der Waals surface area contributed by atoms with E-state index in [2.05, 4.69) is 15.2 Å². The Hall–Kier alpha value is -4.25. The zero-order valence-corrected chi connectivity index (χ0v) is 23.2. The van der Waals surface area contributed by atoms with Crippen LogP contribution in [0.3, 0.4) is 0 Å². The van der Waals surface area contributed by atoms with Crippen LogP contribution in [-0.4, -0.2) is 72.4 Å². The Morgan fingerprint density at radius 3 is 2.50 bits per heavy atom. The maximum Gasteiger partial charge on any atom is 0.250 e. The zero-order valence-electron chi connectivity index (χ0n) is 23.2. The lowest BCUT2D eigenvalue weighted by Crippen LogP contribution is -2.64. The Bertz CT molecular complexity index is 1590. The first kappa shape index (κ1) is 26.0. The minimum absolute atomic E-state index is 0.0624. The fourth-order valence-electron chi connectivity index (χ4n) is 6.11. The number of aromatic nitrogens is 5. The highest BCUT2D eigenvalue weighted by Gasteiger charge is 2.43. The summed E-state index contributed by atoms with van der Waals surface area (Å²) in [5.74, 6) is 0.190. The Morgan fingerprint density at radius 1 is 0.975 bits per heavy atom. The van der Waals surface area contributed by atoms with E-state index in [-0.39, 0.29) is 23.9 Å². The number of nitrogens with zero attached hydrogens (tertiary/aromatic N) is 7. The van der Waals surface area contributed by atoms with Crippen LogP contribution in [0.25, 0.3) is 28.0 Å². The summed E-state index contributed by atoms with van der Waals surface area (Å²) < 4.78 is 9.40. The number of nitrogens with two attached hydrogens (primary N) is 1. The third kappa shape index (κ3) is 4.12. The van der Waals surface area contributed by atoms with Gasteiger partial charge >= 0.3 is 0 Å². The molecule has 2 fully saturated rings. The van der Waals surface area contributed by atoms with Crippen molar-refractivity contribution in [3.8, 4) is 22.5 Å². The average Bonchev–Trinajstić information content (AvgIpc) is 3.59. The summed E-state index contributed by atoms with van der Waals surface area (Å²) in [5, 5.41) is 9.20. The number of carbonyl (C=O) groups is 2. The lowest BCUT2D eigenvalue weighted by Gasteiger charge is -2.44. The van der Waals surface area contributed by atoms with Gasteiger partial charge in [0.2, 0.25) is 11.8 Å². The quantitative estimate of drug-likeness (QED) is 0.409. The van der Waals surface area contributed by atoms with Crippen molar-refractivity contribution in [3.63, 3.8) is 0 Å². The maximum atomic E-state index is 13.5. The first-order valence-corrected chi connectivity index (χ1v) is 13.8. The van der Waals surface area contributed by atoms with Crippen LogP contribution in [0, 0.1) is 0 Å². The van der Waals surface area contributed by atoms with E-state index in [0.717, 1.165) is 35.4 Å². The predicted molar refractivity (Wildman–Crippen MR) is 152 cm³/mol. The summed E-state index contributed by atoms with van der Waals surface area (Å²) in [6, 6.07) is 10.7. The van der Waals surface area contributed by atoms with Crippen molar-refractivity contribution in [1.29, 1.82) is 0 Å². The van der Waals surface area contributed by atoms with Crippen LogP contribution in [0.5, 0.6) is 0 Å². The molecule has 11 nitrogen and oxygen atoms in total. The minimum atomic E-state index is -0.618. The molecule has 4 aromatic rings. The average molecular weight is 543 g/mol. The number of rotatable bonds is 5. The monoisotopic (exact) mass is 542 g/mol. The van der Waals surface area contributed by atoms with Gasteiger partial charge in [-0.1, -0.05) is 12.1 Å². The van der Waals surface area contributed by atoms with Crippen molar-refractivity contribution < 1.29 is 14.3 Å². The SMILES string of the molecule is CC1C(=O)N(C(C)C)C(C)C(=O)N1c1cccc(-c2cc(-c3ccnn3C3CCOCC3)c3c(N)ncnn23)c1. The van der Waals surface area contributed by atoms with Gasteiger partial charge in [0.25, 0.3) is 0 Å². The van der Waals surface area contributed by atoms with Crippen molar-refractivity contribution in [2.45, 2.75) is 64.7 Å². The first-order valence-electron chi connectivity index (χ1n) is 13.8. The Kier molecular flexibility index (Phi) is 6.53. The first-order chi connectivity index (χ1) is 19.3. The van der Waals surface area contributed by atoms with E-state index in [1.165, 1.54) is 6.33 Å². The summed E-state index contributed by atoms with van der Waals surface area (Å²) >= 11 is 0. The van der Waals surface area contributed by atoms with Crippen molar-refractivity contribution in [2.75, 3.05) is 23.8 Å². The molecule has 0 radical (unpaired) electrons. The number of piperazine rings is 1. The Morgan fingerprint density at radius 2 is 1.75 bits per heavy atom. The van der Waals surface area contributed by atoms with E-state index in [1.54, 1.807) is 34.4 Å². The summed E-state index contributed by atoms with van der Waals surface area (Å²) in [4.78, 5) is 34.3. The van der Waals surface area contributed by atoms with Gasteiger partial charge in [-0.15, -0.1) is 0 Å². The third-order valence-corrected chi connectivity index (χ3v) is 8.05. The number of anilines is 2. The van der Waals surface area contributed by atoms with Crippen LogP contribution in [-0.2, 0) is 14.3 Å². The summed E-state index contributed by atoms with van der Waals surface area (Å²) in [6.07, 6.45) is 5.01. The van der Waals surface area contributed by atoms with E-state index in [1.807, 2.05) is 54.9 Å². The van der Waals surface area contributed by atoms with Crippen LogP contribution >= 0.6 is 0 Å². The second-order valence-electron chi connectivity index (χ2n) is 10.8. The summed E-state index contributed by atoms with van der Waals surface area (Å²) in [6.45, 7) is 8.84. The highest BCUT2D eigenvalue weighted by atomic mass is 16.5. The maximum absolute atomic E-state index is 13.5. The lowest BCUT2D eigenvalue weighted by atomic mass is 10.0. The molecule has 5 heterocycles. The molecule has 6 rings (SSSR count). The van der Waals surface area contributed by atoms with Crippen LogP contribution in [0.2, 0.25) is 0 Å². The van der Waals surface area contributed by atoms with Crippen molar-refractivity contribution >= 4 is 28.8 Å². The molecule has 2 aliphatic rings. The predicted octanol–water partition coefficient (Wildman–Crippen LogP) is 3.55. The van der Waals surface area contributed by atoms with Crippen LogP contribution in [0.4, 0.5) is 11.5 Å². The smallest absolute Gasteiger partial charge is 0.250 e. The van der Waals surface area contributed by atoms with Gasteiger partial charge in [0.05, 0.1) is 17.4 Å². The largest absolute Gasteiger partial charge is 0.382 e. The van der Waals surface area contributed by atoms with Gasteiger partial charge in [0.1, 0.15) is 23.9 Å². The van der Waals surface area contributed by atoms with E-state index >= 15 is 0 Å². The number of nitrogen functional groups attached to an aromatic ring is 1. The highest BCUT2D eigenvalue weighted by molar-refractivity contribution is 6.08. The summed E-state index contributed by atoms with van der Waals surface area (Å²) in [7, 11) is 0. The van der Waals surface area contributed by atoms with Crippen molar-refractivity contribution in [3.05, 3.63) is 48.9 Å². The van der Waals surface area contributed by atoms with Gasteiger partial charge in [-0.05, 0) is 64.8 Å². The van der Waals surface area contributed by atoms with Gasteiger partial charge in [-0.3, -0.25) is 19.2 Å². The number of amides is 2. The van der Waals surface area contributed by atoms with Crippen molar-refractivity contribution in [1.82, 2.24) is 29.3 Å². The molecular formula is C29H34N8O3. The number of ether oxygens (including phenoxy) is 1. The topological polar surface area (TPSA) is 124 Å². The highest BCUT2D eigenvalue weighted by Crippen LogP contribution is 2.38. The van der Waals surface area contributed by atoms with Gasteiger partial charge < -0.3 is 15.4 Å². The number of hydrogen-bond donors (Lipinski definition) is 1. The molecule has 40 heavy (non-hydrogen) atoms. The molecule has 2 N–H and O–H groups in total. The van der Waals surface area contributed by atoms with E-state index in [4.69, 9.17) is 10.5 Å². The Balaban J connectivity index is 1.45. The number of fused-ring (bicyclic) bond motifs is 1.